The standard InChI is InChI=1S/C28H30F3N5O3/c1-18-12-35(6-7-39-18)13-19-8-22-23(24(9-19)28(29,30)31)14-36(26(22)37)21-5-3-4-20(10-21)27(15-38-16-27)11-25-33-32-17-34(25)2/h3-5,8-10,17-18H,6-7,11-16H2,1-2H3/t18-/m1/s1. The van der Waals surface area contributed by atoms with E-state index in [1.807, 2.05) is 36.7 Å². The summed E-state index contributed by atoms with van der Waals surface area (Å²) in [6.07, 6.45) is -2.31. The number of benzene rings is 2. The molecule has 1 atom stereocenters. The number of amides is 1. The second kappa shape index (κ2) is 9.72. The van der Waals surface area contributed by atoms with Crippen LogP contribution in [0.4, 0.5) is 18.9 Å². The number of ether oxygens (including phenoxy) is 2. The maximum absolute atomic E-state index is 14.2. The van der Waals surface area contributed by atoms with Crippen LogP contribution in [0.15, 0.2) is 42.7 Å². The summed E-state index contributed by atoms with van der Waals surface area (Å²) in [6, 6.07) is 10.3. The predicted octanol–water partition coefficient (Wildman–Crippen LogP) is 3.73. The summed E-state index contributed by atoms with van der Waals surface area (Å²) in [4.78, 5) is 17.1. The Bertz CT molecular complexity index is 1400. The number of carbonyl (C=O) groups is 1. The van der Waals surface area contributed by atoms with E-state index in [-0.39, 0.29) is 29.2 Å². The third-order valence-corrected chi connectivity index (χ3v) is 7.97. The summed E-state index contributed by atoms with van der Waals surface area (Å²) in [5.41, 5.74) is 1.06. The molecule has 6 rings (SSSR count). The Labute approximate surface area is 224 Å². The number of anilines is 1. The second-order valence-corrected chi connectivity index (χ2v) is 10.8. The van der Waals surface area contributed by atoms with Crippen molar-refractivity contribution < 1.29 is 27.4 Å². The molecule has 2 fully saturated rings. The Balaban J connectivity index is 1.31. The van der Waals surface area contributed by atoms with Gasteiger partial charge in [-0.25, -0.2) is 0 Å². The van der Waals surface area contributed by atoms with Crippen molar-refractivity contribution in [1.29, 1.82) is 0 Å². The first-order valence-electron chi connectivity index (χ1n) is 13.0. The molecular formula is C28H30F3N5O3. The van der Waals surface area contributed by atoms with Crippen molar-refractivity contribution in [2.75, 3.05) is 37.8 Å². The van der Waals surface area contributed by atoms with Crippen molar-refractivity contribution >= 4 is 11.6 Å². The summed E-state index contributed by atoms with van der Waals surface area (Å²) in [5, 5.41) is 8.18. The van der Waals surface area contributed by atoms with E-state index in [1.54, 1.807) is 18.5 Å². The van der Waals surface area contributed by atoms with Crippen LogP contribution in [0, 0.1) is 0 Å². The van der Waals surface area contributed by atoms with E-state index >= 15 is 0 Å². The number of aromatic nitrogens is 3. The van der Waals surface area contributed by atoms with Crippen LogP contribution in [0.5, 0.6) is 0 Å². The molecule has 0 saturated carbocycles. The Morgan fingerprint density at radius 3 is 2.67 bits per heavy atom. The predicted molar refractivity (Wildman–Crippen MR) is 136 cm³/mol. The van der Waals surface area contributed by atoms with Gasteiger partial charge in [-0.05, 0) is 47.9 Å². The van der Waals surface area contributed by atoms with E-state index in [4.69, 9.17) is 9.47 Å². The van der Waals surface area contributed by atoms with Gasteiger partial charge in [0.15, 0.2) is 0 Å². The van der Waals surface area contributed by atoms with Gasteiger partial charge >= 0.3 is 6.18 Å². The number of hydrogen-bond acceptors (Lipinski definition) is 6. The average Bonchev–Trinajstić information content (AvgIpc) is 3.43. The van der Waals surface area contributed by atoms with E-state index in [2.05, 4.69) is 15.1 Å². The van der Waals surface area contributed by atoms with E-state index in [9.17, 15) is 18.0 Å². The molecule has 8 nitrogen and oxygen atoms in total. The number of halogens is 3. The highest BCUT2D eigenvalue weighted by Gasteiger charge is 2.43. The average molecular weight is 542 g/mol. The zero-order valence-corrected chi connectivity index (χ0v) is 21.9. The van der Waals surface area contributed by atoms with Crippen LogP contribution in [0.1, 0.15) is 45.4 Å². The van der Waals surface area contributed by atoms with Crippen LogP contribution in [0.25, 0.3) is 0 Å². The summed E-state index contributed by atoms with van der Waals surface area (Å²) in [6.45, 7) is 4.91. The van der Waals surface area contributed by atoms with Gasteiger partial charge < -0.3 is 18.9 Å². The van der Waals surface area contributed by atoms with E-state index in [0.29, 0.717) is 57.1 Å². The summed E-state index contributed by atoms with van der Waals surface area (Å²) in [5.74, 6) is 0.391. The maximum atomic E-state index is 14.2. The molecule has 1 amide bonds. The number of morpholine rings is 1. The third kappa shape index (κ3) is 4.83. The minimum Gasteiger partial charge on any atom is -0.379 e. The zero-order valence-electron chi connectivity index (χ0n) is 21.9. The SMILES string of the molecule is C[C@@H]1CN(Cc2cc3c(c(C(F)(F)F)c2)CN(c2cccc(C4(Cc5nncn5C)COC4)c2)C3=O)CCO1. The fourth-order valence-electron chi connectivity index (χ4n) is 5.81. The minimum absolute atomic E-state index is 0.0118. The fourth-order valence-corrected chi connectivity index (χ4v) is 5.81. The van der Waals surface area contributed by atoms with Gasteiger partial charge in [-0.15, -0.1) is 10.2 Å². The van der Waals surface area contributed by atoms with E-state index in [0.717, 1.165) is 11.4 Å². The molecule has 1 aromatic heterocycles. The smallest absolute Gasteiger partial charge is 0.379 e. The summed E-state index contributed by atoms with van der Waals surface area (Å²) >= 11 is 0. The number of rotatable bonds is 6. The van der Waals surface area contributed by atoms with Gasteiger partial charge in [0.25, 0.3) is 5.91 Å². The quantitative estimate of drug-likeness (QED) is 0.474. The first-order chi connectivity index (χ1) is 18.6. The molecule has 2 aromatic carbocycles. The van der Waals surface area contributed by atoms with Crippen molar-refractivity contribution in [1.82, 2.24) is 19.7 Å². The number of aryl methyl sites for hydroxylation is 1. The van der Waals surface area contributed by atoms with E-state index in [1.165, 1.54) is 11.0 Å². The molecule has 3 aromatic rings. The van der Waals surface area contributed by atoms with Gasteiger partial charge in [0, 0.05) is 49.8 Å². The maximum Gasteiger partial charge on any atom is 0.416 e. The van der Waals surface area contributed by atoms with E-state index < -0.39 is 17.6 Å². The molecule has 2 saturated heterocycles. The van der Waals surface area contributed by atoms with Gasteiger partial charge in [-0.2, -0.15) is 13.2 Å². The lowest BCUT2D eigenvalue weighted by atomic mass is 9.75. The summed E-state index contributed by atoms with van der Waals surface area (Å²) < 4.78 is 55.6. The molecule has 0 radical (unpaired) electrons. The van der Waals surface area contributed by atoms with Crippen molar-refractivity contribution in [2.24, 2.45) is 7.05 Å². The number of fused-ring (bicyclic) bond motifs is 1. The highest BCUT2D eigenvalue weighted by molar-refractivity contribution is 6.10. The number of carbonyl (C=O) groups excluding carboxylic acids is 1. The van der Waals surface area contributed by atoms with Crippen LogP contribution in [0.2, 0.25) is 0 Å². The molecule has 206 valence electrons. The Kier molecular flexibility index (Phi) is 6.47. The number of hydrogen-bond donors (Lipinski definition) is 0. The van der Waals surface area contributed by atoms with Gasteiger partial charge in [0.05, 0.1) is 38.0 Å². The van der Waals surface area contributed by atoms with Gasteiger partial charge in [0.2, 0.25) is 0 Å². The number of nitrogens with zero attached hydrogens (tertiary/aromatic N) is 5. The minimum atomic E-state index is -4.57. The highest BCUT2D eigenvalue weighted by Crippen LogP contribution is 2.41. The van der Waals surface area contributed by atoms with Gasteiger partial charge in [-0.3, -0.25) is 9.69 Å². The van der Waals surface area contributed by atoms with Crippen LogP contribution in [-0.2, 0) is 47.6 Å². The van der Waals surface area contributed by atoms with Crippen molar-refractivity contribution in [3.05, 3.63) is 76.4 Å². The molecule has 4 heterocycles. The molecule has 39 heavy (non-hydrogen) atoms. The zero-order chi connectivity index (χ0) is 27.4. The normalized spacial score (nSPS) is 21.2. The first kappa shape index (κ1) is 26.0. The van der Waals surface area contributed by atoms with Gasteiger partial charge in [0.1, 0.15) is 12.2 Å². The monoisotopic (exact) mass is 541 g/mol. The van der Waals surface area contributed by atoms with Crippen LogP contribution >= 0.6 is 0 Å². The van der Waals surface area contributed by atoms with Crippen LogP contribution in [0.3, 0.4) is 0 Å². The lowest BCUT2D eigenvalue weighted by Crippen LogP contribution is -2.49. The molecule has 0 bridgehead atoms. The second-order valence-electron chi connectivity index (χ2n) is 10.8. The molecule has 0 unspecified atom stereocenters. The molecule has 0 N–H and O–H groups in total. The summed E-state index contributed by atoms with van der Waals surface area (Å²) in [7, 11) is 1.88. The Morgan fingerprint density at radius 1 is 1.18 bits per heavy atom. The first-order valence-corrected chi connectivity index (χ1v) is 13.0. The Morgan fingerprint density at radius 2 is 2.00 bits per heavy atom. The molecular weight excluding hydrogens is 511 g/mol. The van der Waals surface area contributed by atoms with Gasteiger partial charge in [-0.1, -0.05) is 12.1 Å². The van der Waals surface area contributed by atoms with Crippen molar-refractivity contribution in [3.63, 3.8) is 0 Å². The largest absolute Gasteiger partial charge is 0.416 e. The fraction of sp³-hybridized carbons (Fsp3) is 0.464. The Hall–Kier alpha value is -3.28. The topological polar surface area (TPSA) is 72.7 Å². The van der Waals surface area contributed by atoms with Crippen molar-refractivity contribution in [2.45, 2.75) is 44.1 Å². The number of alkyl halides is 3. The highest BCUT2D eigenvalue weighted by atomic mass is 19.4. The molecule has 0 aliphatic carbocycles. The lowest BCUT2D eigenvalue weighted by molar-refractivity contribution is -0.138. The van der Waals surface area contributed by atoms with Crippen molar-refractivity contribution in [3.8, 4) is 0 Å². The lowest BCUT2D eigenvalue weighted by Gasteiger charge is -2.42. The molecule has 3 aliphatic rings. The van der Waals surface area contributed by atoms with Crippen LogP contribution in [-0.4, -0.2) is 64.6 Å². The van der Waals surface area contributed by atoms with Crippen LogP contribution < -0.4 is 4.90 Å². The molecule has 0 spiro atoms. The molecule has 11 heteroatoms. The third-order valence-electron chi connectivity index (χ3n) is 7.97. The molecule has 3 aliphatic heterocycles.